The summed E-state index contributed by atoms with van der Waals surface area (Å²) in [6.45, 7) is 3.82. The van der Waals surface area contributed by atoms with Gasteiger partial charge in [-0.05, 0) is 32.0 Å². The number of aliphatic hydroxyl groups is 1. The van der Waals surface area contributed by atoms with Crippen molar-refractivity contribution < 1.29 is 14.3 Å². The molecule has 1 aromatic carbocycles. The number of furan rings is 1. The monoisotopic (exact) mass is 233 g/mol. The molecule has 1 amide bonds. The van der Waals surface area contributed by atoms with Crippen LogP contribution in [0, 0.1) is 6.92 Å². The van der Waals surface area contributed by atoms with Crippen molar-refractivity contribution in [2.24, 2.45) is 0 Å². The van der Waals surface area contributed by atoms with Gasteiger partial charge in [0.05, 0.1) is 6.10 Å². The van der Waals surface area contributed by atoms with Crippen molar-refractivity contribution in [3.05, 3.63) is 35.6 Å². The van der Waals surface area contributed by atoms with Gasteiger partial charge < -0.3 is 14.8 Å². The molecule has 17 heavy (non-hydrogen) atoms. The zero-order chi connectivity index (χ0) is 12.4. The number of aryl methyl sites for hydroxylation is 1. The van der Waals surface area contributed by atoms with E-state index in [1.807, 2.05) is 25.1 Å². The second-order valence-corrected chi connectivity index (χ2v) is 4.21. The Balaban J connectivity index is 2.21. The summed E-state index contributed by atoms with van der Waals surface area (Å²) >= 11 is 0. The molecule has 2 rings (SSSR count). The van der Waals surface area contributed by atoms with E-state index in [4.69, 9.17) is 9.52 Å². The summed E-state index contributed by atoms with van der Waals surface area (Å²) in [7, 11) is 0. The molecule has 0 unspecified atom stereocenters. The Hall–Kier alpha value is -1.81. The topological polar surface area (TPSA) is 62.5 Å². The van der Waals surface area contributed by atoms with Crippen LogP contribution in [-0.4, -0.2) is 23.7 Å². The first kappa shape index (κ1) is 11.7. The number of rotatable bonds is 3. The molecule has 0 saturated carbocycles. The summed E-state index contributed by atoms with van der Waals surface area (Å²) in [5.74, 6) is -0.0361. The van der Waals surface area contributed by atoms with Crippen molar-refractivity contribution in [3.63, 3.8) is 0 Å². The summed E-state index contributed by atoms with van der Waals surface area (Å²) < 4.78 is 5.42. The van der Waals surface area contributed by atoms with E-state index in [9.17, 15) is 4.79 Å². The van der Waals surface area contributed by atoms with E-state index in [1.165, 1.54) is 0 Å². The molecule has 0 aliphatic carbocycles. The van der Waals surface area contributed by atoms with Crippen LogP contribution in [0.5, 0.6) is 0 Å². The molecule has 0 radical (unpaired) electrons. The fourth-order valence-electron chi connectivity index (χ4n) is 1.60. The van der Waals surface area contributed by atoms with Gasteiger partial charge in [0.2, 0.25) is 0 Å². The standard InChI is InChI=1S/C13H15NO3/c1-8-3-4-11-10(5-8)6-12(17-11)13(16)14-7-9(2)15/h3-6,9,15H,7H2,1-2H3,(H,14,16)/t9-/m0/s1. The van der Waals surface area contributed by atoms with Gasteiger partial charge >= 0.3 is 0 Å². The lowest BCUT2D eigenvalue weighted by molar-refractivity contribution is 0.0899. The molecule has 1 atom stereocenters. The van der Waals surface area contributed by atoms with Crippen molar-refractivity contribution in [1.82, 2.24) is 5.32 Å². The van der Waals surface area contributed by atoms with Crippen LogP contribution < -0.4 is 5.32 Å². The molecule has 1 heterocycles. The number of carbonyl (C=O) groups excluding carboxylic acids is 1. The van der Waals surface area contributed by atoms with Crippen LogP contribution in [0.4, 0.5) is 0 Å². The molecule has 0 fully saturated rings. The third kappa shape index (κ3) is 2.65. The largest absolute Gasteiger partial charge is 0.451 e. The van der Waals surface area contributed by atoms with Crippen LogP contribution in [0.3, 0.4) is 0 Å². The number of nitrogens with one attached hydrogen (secondary N) is 1. The van der Waals surface area contributed by atoms with E-state index in [-0.39, 0.29) is 18.2 Å². The Bertz CT molecular complexity index is 543. The maximum Gasteiger partial charge on any atom is 0.287 e. The van der Waals surface area contributed by atoms with Gasteiger partial charge in [0.25, 0.3) is 5.91 Å². The van der Waals surface area contributed by atoms with Crippen LogP contribution in [0.25, 0.3) is 11.0 Å². The third-order valence-corrected chi connectivity index (χ3v) is 2.45. The maximum absolute atomic E-state index is 11.7. The molecule has 0 spiro atoms. The van der Waals surface area contributed by atoms with Crippen molar-refractivity contribution in [2.75, 3.05) is 6.54 Å². The van der Waals surface area contributed by atoms with Gasteiger partial charge in [0.15, 0.2) is 5.76 Å². The minimum atomic E-state index is -0.564. The Kier molecular flexibility index (Phi) is 3.15. The highest BCUT2D eigenvalue weighted by atomic mass is 16.3. The zero-order valence-corrected chi connectivity index (χ0v) is 9.86. The predicted octanol–water partition coefficient (Wildman–Crippen LogP) is 1.85. The van der Waals surface area contributed by atoms with Crippen LogP contribution in [0.2, 0.25) is 0 Å². The maximum atomic E-state index is 11.7. The highest BCUT2D eigenvalue weighted by molar-refractivity contribution is 5.96. The highest BCUT2D eigenvalue weighted by Gasteiger charge is 2.12. The molecular formula is C13H15NO3. The van der Waals surface area contributed by atoms with Gasteiger partial charge in [-0.2, -0.15) is 0 Å². The van der Waals surface area contributed by atoms with Crippen molar-refractivity contribution in [2.45, 2.75) is 20.0 Å². The minimum absolute atomic E-state index is 0.217. The lowest BCUT2D eigenvalue weighted by Gasteiger charge is -2.04. The normalized spacial score (nSPS) is 12.6. The van der Waals surface area contributed by atoms with Crippen molar-refractivity contribution >= 4 is 16.9 Å². The average Bonchev–Trinajstić information content (AvgIpc) is 2.68. The van der Waals surface area contributed by atoms with E-state index < -0.39 is 6.10 Å². The van der Waals surface area contributed by atoms with Gasteiger partial charge in [0, 0.05) is 11.9 Å². The number of hydrogen-bond donors (Lipinski definition) is 2. The van der Waals surface area contributed by atoms with E-state index in [0.29, 0.717) is 5.58 Å². The van der Waals surface area contributed by atoms with Gasteiger partial charge in [-0.1, -0.05) is 11.6 Å². The Morgan fingerprint density at radius 1 is 1.47 bits per heavy atom. The van der Waals surface area contributed by atoms with E-state index in [1.54, 1.807) is 13.0 Å². The zero-order valence-electron chi connectivity index (χ0n) is 9.86. The summed E-state index contributed by atoms with van der Waals surface area (Å²) in [6.07, 6.45) is -0.564. The van der Waals surface area contributed by atoms with Crippen LogP contribution in [-0.2, 0) is 0 Å². The first-order chi connectivity index (χ1) is 8.06. The first-order valence-electron chi connectivity index (χ1n) is 5.53. The summed E-state index contributed by atoms with van der Waals surface area (Å²) in [5, 5.41) is 12.6. The quantitative estimate of drug-likeness (QED) is 0.850. The van der Waals surface area contributed by atoms with Gasteiger partial charge in [0.1, 0.15) is 5.58 Å². The molecule has 2 N–H and O–H groups in total. The van der Waals surface area contributed by atoms with Gasteiger partial charge in [-0.15, -0.1) is 0 Å². The minimum Gasteiger partial charge on any atom is -0.451 e. The lowest BCUT2D eigenvalue weighted by Crippen LogP contribution is -2.30. The summed E-state index contributed by atoms with van der Waals surface area (Å²) in [6, 6.07) is 7.45. The molecule has 4 heteroatoms. The lowest BCUT2D eigenvalue weighted by atomic mass is 10.2. The molecule has 0 saturated heterocycles. The number of carbonyl (C=O) groups is 1. The average molecular weight is 233 g/mol. The summed E-state index contributed by atoms with van der Waals surface area (Å²) in [4.78, 5) is 11.7. The highest BCUT2D eigenvalue weighted by Crippen LogP contribution is 2.20. The smallest absolute Gasteiger partial charge is 0.287 e. The number of benzene rings is 1. The fraction of sp³-hybridized carbons (Fsp3) is 0.308. The molecule has 4 nitrogen and oxygen atoms in total. The van der Waals surface area contributed by atoms with Gasteiger partial charge in [-0.3, -0.25) is 4.79 Å². The molecule has 0 aliphatic rings. The molecule has 90 valence electrons. The molecule has 0 aliphatic heterocycles. The van der Waals surface area contributed by atoms with E-state index in [2.05, 4.69) is 5.32 Å². The van der Waals surface area contributed by atoms with Crippen molar-refractivity contribution in [1.29, 1.82) is 0 Å². The Labute approximate surface area is 99.2 Å². The van der Waals surface area contributed by atoms with E-state index in [0.717, 1.165) is 10.9 Å². The molecule has 0 bridgehead atoms. The Morgan fingerprint density at radius 2 is 2.24 bits per heavy atom. The summed E-state index contributed by atoms with van der Waals surface area (Å²) in [5.41, 5.74) is 1.81. The van der Waals surface area contributed by atoms with Gasteiger partial charge in [-0.25, -0.2) is 0 Å². The molecule has 1 aromatic heterocycles. The first-order valence-corrected chi connectivity index (χ1v) is 5.53. The van der Waals surface area contributed by atoms with E-state index >= 15 is 0 Å². The second kappa shape index (κ2) is 4.59. The van der Waals surface area contributed by atoms with Crippen LogP contribution >= 0.6 is 0 Å². The van der Waals surface area contributed by atoms with Crippen LogP contribution in [0.15, 0.2) is 28.7 Å². The number of hydrogen-bond acceptors (Lipinski definition) is 3. The number of amides is 1. The molecular weight excluding hydrogens is 218 g/mol. The fourth-order valence-corrected chi connectivity index (χ4v) is 1.60. The second-order valence-electron chi connectivity index (χ2n) is 4.21. The van der Waals surface area contributed by atoms with Crippen LogP contribution in [0.1, 0.15) is 23.0 Å². The SMILES string of the molecule is Cc1ccc2oc(C(=O)NC[C@H](C)O)cc2c1. The predicted molar refractivity (Wildman–Crippen MR) is 65.0 cm³/mol. The van der Waals surface area contributed by atoms with Crippen molar-refractivity contribution in [3.8, 4) is 0 Å². The molecule has 2 aromatic rings. The third-order valence-electron chi connectivity index (χ3n) is 2.45. The number of aliphatic hydroxyl groups excluding tert-OH is 1. The number of fused-ring (bicyclic) bond motifs is 1. The Morgan fingerprint density at radius 3 is 2.94 bits per heavy atom.